The van der Waals surface area contributed by atoms with Gasteiger partial charge in [0.2, 0.25) is 0 Å². The SMILES string of the molecule is CCCC/C=C/CC1C(=O)C=CC1/C=C/C(=O)CCCCCCC. The summed E-state index contributed by atoms with van der Waals surface area (Å²) in [7, 11) is 0. The summed E-state index contributed by atoms with van der Waals surface area (Å²) in [5, 5.41) is 0. The van der Waals surface area contributed by atoms with Gasteiger partial charge in [-0.05, 0) is 31.4 Å². The van der Waals surface area contributed by atoms with E-state index >= 15 is 0 Å². The molecule has 0 saturated carbocycles. The Bertz CT molecular complexity index is 457. The quantitative estimate of drug-likeness (QED) is 0.236. The summed E-state index contributed by atoms with van der Waals surface area (Å²) >= 11 is 0. The van der Waals surface area contributed by atoms with E-state index in [0.29, 0.717) is 6.42 Å². The van der Waals surface area contributed by atoms with E-state index in [-0.39, 0.29) is 23.4 Å². The summed E-state index contributed by atoms with van der Waals surface area (Å²) < 4.78 is 0. The van der Waals surface area contributed by atoms with Gasteiger partial charge >= 0.3 is 0 Å². The van der Waals surface area contributed by atoms with Crippen LogP contribution in [0.3, 0.4) is 0 Å². The molecule has 0 aromatic rings. The summed E-state index contributed by atoms with van der Waals surface area (Å²) in [6, 6.07) is 0. The monoisotopic (exact) mass is 330 g/mol. The Hall–Kier alpha value is -1.44. The van der Waals surface area contributed by atoms with Crippen molar-refractivity contribution < 1.29 is 9.59 Å². The van der Waals surface area contributed by atoms with Crippen LogP contribution < -0.4 is 0 Å². The Morgan fingerprint density at radius 2 is 1.79 bits per heavy atom. The number of rotatable bonds is 13. The molecule has 0 bridgehead atoms. The zero-order valence-electron chi connectivity index (χ0n) is 15.5. The maximum atomic E-state index is 12.0. The van der Waals surface area contributed by atoms with E-state index in [1.165, 1.54) is 32.1 Å². The molecule has 0 spiro atoms. The van der Waals surface area contributed by atoms with Crippen molar-refractivity contribution >= 4 is 11.6 Å². The predicted molar refractivity (Wildman–Crippen MR) is 102 cm³/mol. The molecule has 2 nitrogen and oxygen atoms in total. The molecular weight excluding hydrogens is 296 g/mol. The van der Waals surface area contributed by atoms with Crippen LogP contribution in [0.15, 0.2) is 36.5 Å². The maximum absolute atomic E-state index is 12.0. The lowest BCUT2D eigenvalue weighted by Crippen LogP contribution is -2.13. The zero-order chi connectivity index (χ0) is 17.6. The van der Waals surface area contributed by atoms with Crippen LogP contribution in [0, 0.1) is 11.8 Å². The van der Waals surface area contributed by atoms with E-state index in [1.54, 1.807) is 12.2 Å². The van der Waals surface area contributed by atoms with Gasteiger partial charge in [0.15, 0.2) is 11.6 Å². The Kier molecular flexibility index (Phi) is 11.1. The molecule has 0 aromatic heterocycles. The van der Waals surface area contributed by atoms with Gasteiger partial charge in [-0.1, -0.05) is 76.7 Å². The Labute approximate surface area is 148 Å². The van der Waals surface area contributed by atoms with E-state index in [0.717, 1.165) is 25.7 Å². The minimum Gasteiger partial charge on any atom is -0.295 e. The number of carbonyl (C=O) groups excluding carboxylic acids is 2. The first-order valence-corrected chi connectivity index (χ1v) is 9.77. The van der Waals surface area contributed by atoms with Crippen LogP contribution in [0.2, 0.25) is 0 Å². The van der Waals surface area contributed by atoms with Gasteiger partial charge in [-0.15, -0.1) is 0 Å². The number of allylic oxidation sites excluding steroid dienone is 6. The van der Waals surface area contributed by atoms with Gasteiger partial charge in [-0.25, -0.2) is 0 Å². The first kappa shape index (κ1) is 20.6. The van der Waals surface area contributed by atoms with E-state index in [4.69, 9.17) is 0 Å². The molecule has 0 N–H and O–H groups in total. The maximum Gasteiger partial charge on any atom is 0.159 e. The number of hydrogen-bond donors (Lipinski definition) is 0. The Balaban J connectivity index is 2.35. The molecule has 2 heteroatoms. The second-order valence-corrected chi connectivity index (χ2v) is 6.78. The van der Waals surface area contributed by atoms with Gasteiger partial charge in [0.1, 0.15) is 0 Å². The molecule has 1 aliphatic rings. The Morgan fingerprint density at radius 3 is 2.54 bits per heavy atom. The first-order valence-electron chi connectivity index (χ1n) is 9.77. The molecule has 134 valence electrons. The fraction of sp³-hybridized carbons (Fsp3) is 0.636. The fourth-order valence-corrected chi connectivity index (χ4v) is 3.01. The second kappa shape index (κ2) is 12.9. The third-order valence-corrected chi connectivity index (χ3v) is 4.62. The molecule has 0 radical (unpaired) electrons. The smallest absolute Gasteiger partial charge is 0.159 e. The molecular formula is C22H34O2. The molecule has 2 unspecified atom stereocenters. The third kappa shape index (κ3) is 8.42. The van der Waals surface area contributed by atoms with Gasteiger partial charge in [0.25, 0.3) is 0 Å². The first-order chi connectivity index (χ1) is 11.7. The topological polar surface area (TPSA) is 34.1 Å². The zero-order valence-corrected chi connectivity index (χ0v) is 15.5. The molecule has 0 aromatic carbocycles. The summed E-state index contributed by atoms with van der Waals surface area (Å²) in [5.41, 5.74) is 0. The van der Waals surface area contributed by atoms with E-state index in [2.05, 4.69) is 26.0 Å². The summed E-state index contributed by atoms with van der Waals surface area (Å²) in [6.45, 7) is 4.37. The highest BCUT2D eigenvalue weighted by Gasteiger charge is 2.27. The number of unbranched alkanes of at least 4 members (excludes halogenated alkanes) is 6. The van der Waals surface area contributed by atoms with Crippen LogP contribution in [0.4, 0.5) is 0 Å². The molecule has 1 aliphatic carbocycles. The lowest BCUT2D eigenvalue weighted by molar-refractivity contribution is -0.118. The standard InChI is InChI=1S/C22H34O2/c1-3-5-7-9-11-13-20(23)17-15-19-16-18-22(24)21(19)14-12-10-8-6-4-2/h10,12,15-19,21H,3-9,11,13-14H2,1-2H3/b12-10+,17-15+. The van der Waals surface area contributed by atoms with Crippen molar-refractivity contribution in [1.29, 1.82) is 0 Å². The van der Waals surface area contributed by atoms with Gasteiger partial charge in [-0.2, -0.15) is 0 Å². The van der Waals surface area contributed by atoms with Crippen molar-refractivity contribution in [3.63, 3.8) is 0 Å². The highest BCUT2D eigenvalue weighted by Crippen LogP contribution is 2.27. The van der Waals surface area contributed by atoms with Crippen LogP contribution in [-0.2, 0) is 9.59 Å². The van der Waals surface area contributed by atoms with Crippen LogP contribution in [0.25, 0.3) is 0 Å². The van der Waals surface area contributed by atoms with E-state index in [9.17, 15) is 9.59 Å². The number of carbonyl (C=O) groups is 2. The van der Waals surface area contributed by atoms with Crippen LogP contribution in [-0.4, -0.2) is 11.6 Å². The second-order valence-electron chi connectivity index (χ2n) is 6.78. The minimum absolute atomic E-state index is 0.0171. The molecule has 1 rings (SSSR count). The van der Waals surface area contributed by atoms with Crippen molar-refractivity contribution in [3.05, 3.63) is 36.5 Å². The molecule has 0 heterocycles. The lowest BCUT2D eigenvalue weighted by atomic mass is 9.90. The Morgan fingerprint density at radius 1 is 1.04 bits per heavy atom. The van der Waals surface area contributed by atoms with E-state index in [1.807, 2.05) is 12.2 Å². The van der Waals surface area contributed by atoms with Gasteiger partial charge in [0.05, 0.1) is 0 Å². The average Bonchev–Trinajstić information content (AvgIpc) is 2.93. The fourth-order valence-electron chi connectivity index (χ4n) is 3.01. The largest absolute Gasteiger partial charge is 0.295 e. The molecule has 0 saturated heterocycles. The van der Waals surface area contributed by atoms with Gasteiger partial charge in [-0.3, -0.25) is 9.59 Å². The summed E-state index contributed by atoms with van der Waals surface area (Å²) in [5.74, 6) is 0.446. The van der Waals surface area contributed by atoms with Crippen molar-refractivity contribution in [2.75, 3.05) is 0 Å². The molecule has 0 aliphatic heterocycles. The van der Waals surface area contributed by atoms with Crippen molar-refractivity contribution in [2.24, 2.45) is 11.8 Å². The minimum atomic E-state index is -0.0171. The normalized spacial score (nSPS) is 20.7. The predicted octanol–water partition coefficient (Wildman–Crippen LogP) is 5.98. The highest BCUT2D eigenvalue weighted by atomic mass is 16.1. The highest BCUT2D eigenvalue weighted by molar-refractivity contribution is 5.95. The van der Waals surface area contributed by atoms with Crippen molar-refractivity contribution in [1.82, 2.24) is 0 Å². The van der Waals surface area contributed by atoms with Crippen molar-refractivity contribution in [2.45, 2.75) is 78.1 Å². The van der Waals surface area contributed by atoms with Crippen LogP contribution >= 0.6 is 0 Å². The molecule has 2 atom stereocenters. The summed E-state index contributed by atoms with van der Waals surface area (Å²) in [6.07, 6.45) is 22.3. The molecule has 0 amide bonds. The summed E-state index contributed by atoms with van der Waals surface area (Å²) in [4.78, 5) is 23.9. The molecule has 0 fully saturated rings. The van der Waals surface area contributed by atoms with Crippen LogP contribution in [0.1, 0.15) is 78.1 Å². The molecule has 24 heavy (non-hydrogen) atoms. The number of hydrogen-bond acceptors (Lipinski definition) is 2. The van der Waals surface area contributed by atoms with E-state index < -0.39 is 0 Å². The van der Waals surface area contributed by atoms with Gasteiger partial charge < -0.3 is 0 Å². The van der Waals surface area contributed by atoms with Crippen LogP contribution in [0.5, 0.6) is 0 Å². The van der Waals surface area contributed by atoms with Crippen molar-refractivity contribution in [3.8, 4) is 0 Å². The average molecular weight is 331 g/mol. The number of ketones is 2. The third-order valence-electron chi connectivity index (χ3n) is 4.62. The lowest BCUT2D eigenvalue weighted by Gasteiger charge is -2.12. The van der Waals surface area contributed by atoms with Gasteiger partial charge in [0, 0.05) is 18.3 Å².